The Kier molecular flexibility index (Phi) is 5.86. The molecule has 1 aromatic carbocycles. The number of carbonyl (C=O) groups excluding carboxylic acids is 1. The van der Waals surface area contributed by atoms with Crippen molar-refractivity contribution in [3.05, 3.63) is 30.1 Å². The van der Waals surface area contributed by atoms with Crippen LogP contribution in [-0.4, -0.2) is 30.8 Å². The normalized spacial score (nSPS) is 20.4. The van der Waals surface area contributed by atoms with Crippen LogP contribution in [0.4, 0.5) is 4.39 Å². The Hall–Kier alpha value is -1.07. The molecule has 0 saturated carbocycles. The van der Waals surface area contributed by atoms with E-state index in [1.54, 1.807) is 23.9 Å². The van der Waals surface area contributed by atoms with Gasteiger partial charge in [-0.2, -0.15) is 0 Å². The van der Waals surface area contributed by atoms with Crippen LogP contribution in [0.2, 0.25) is 0 Å². The van der Waals surface area contributed by atoms with Crippen LogP contribution >= 0.6 is 11.8 Å². The zero-order valence-electron chi connectivity index (χ0n) is 11.7. The van der Waals surface area contributed by atoms with E-state index in [4.69, 9.17) is 0 Å². The molecular weight excluding hydrogens is 275 g/mol. The van der Waals surface area contributed by atoms with Crippen LogP contribution in [0.15, 0.2) is 29.2 Å². The molecule has 110 valence electrons. The Labute approximate surface area is 123 Å². The number of halogens is 1. The summed E-state index contributed by atoms with van der Waals surface area (Å²) < 4.78 is 12.8. The predicted octanol–water partition coefficient (Wildman–Crippen LogP) is 2.42. The Bertz CT molecular complexity index is 432. The summed E-state index contributed by atoms with van der Waals surface area (Å²) >= 11 is 1.58. The van der Waals surface area contributed by atoms with Crippen LogP contribution in [0.3, 0.4) is 0 Å². The number of carbonyl (C=O) groups is 1. The van der Waals surface area contributed by atoms with E-state index in [1.807, 2.05) is 6.92 Å². The SMILES string of the molecule is CC(CSc1ccc(F)cc1)C(=O)NC1CCCNC1. The number of rotatable bonds is 5. The van der Waals surface area contributed by atoms with Crippen LogP contribution in [0.1, 0.15) is 19.8 Å². The van der Waals surface area contributed by atoms with Gasteiger partial charge in [-0.3, -0.25) is 4.79 Å². The van der Waals surface area contributed by atoms with Gasteiger partial charge in [0.1, 0.15) is 5.82 Å². The zero-order chi connectivity index (χ0) is 14.4. The molecule has 0 radical (unpaired) electrons. The predicted molar refractivity (Wildman–Crippen MR) is 80.3 cm³/mol. The van der Waals surface area contributed by atoms with Crippen molar-refractivity contribution in [2.45, 2.75) is 30.7 Å². The molecule has 0 bridgehead atoms. The first kappa shape index (κ1) is 15.3. The fourth-order valence-electron chi connectivity index (χ4n) is 2.15. The van der Waals surface area contributed by atoms with Crippen molar-refractivity contribution in [3.63, 3.8) is 0 Å². The van der Waals surface area contributed by atoms with E-state index >= 15 is 0 Å². The number of hydrogen-bond acceptors (Lipinski definition) is 3. The Balaban J connectivity index is 1.74. The molecular formula is C15H21FN2OS. The molecule has 0 aromatic heterocycles. The number of piperidine rings is 1. The van der Waals surface area contributed by atoms with Crippen molar-refractivity contribution in [1.82, 2.24) is 10.6 Å². The monoisotopic (exact) mass is 296 g/mol. The van der Waals surface area contributed by atoms with Crippen molar-refractivity contribution in [2.75, 3.05) is 18.8 Å². The number of amides is 1. The van der Waals surface area contributed by atoms with E-state index in [-0.39, 0.29) is 23.7 Å². The van der Waals surface area contributed by atoms with Gasteiger partial charge in [0.25, 0.3) is 0 Å². The van der Waals surface area contributed by atoms with E-state index in [9.17, 15) is 9.18 Å². The summed E-state index contributed by atoms with van der Waals surface area (Å²) in [7, 11) is 0. The van der Waals surface area contributed by atoms with Crippen molar-refractivity contribution < 1.29 is 9.18 Å². The molecule has 2 rings (SSSR count). The highest BCUT2D eigenvalue weighted by Gasteiger charge is 2.19. The van der Waals surface area contributed by atoms with Gasteiger partial charge in [-0.15, -0.1) is 11.8 Å². The maximum atomic E-state index is 12.8. The van der Waals surface area contributed by atoms with Gasteiger partial charge >= 0.3 is 0 Å². The lowest BCUT2D eigenvalue weighted by Crippen LogP contribution is -2.47. The molecule has 2 N–H and O–H groups in total. The van der Waals surface area contributed by atoms with Crippen molar-refractivity contribution in [3.8, 4) is 0 Å². The average molecular weight is 296 g/mol. The maximum absolute atomic E-state index is 12.8. The molecule has 2 atom stereocenters. The minimum atomic E-state index is -0.232. The lowest BCUT2D eigenvalue weighted by Gasteiger charge is -2.25. The fourth-order valence-corrected chi connectivity index (χ4v) is 3.07. The number of benzene rings is 1. The highest BCUT2D eigenvalue weighted by Crippen LogP contribution is 2.21. The van der Waals surface area contributed by atoms with E-state index in [2.05, 4.69) is 10.6 Å². The van der Waals surface area contributed by atoms with E-state index < -0.39 is 0 Å². The lowest BCUT2D eigenvalue weighted by atomic mass is 10.1. The van der Waals surface area contributed by atoms with Crippen LogP contribution < -0.4 is 10.6 Å². The molecule has 20 heavy (non-hydrogen) atoms. The van der Waals surface area contributed by atoms with Gasteiger partial charge < -0.3 is 10.6 Å². The lowest BCUT2D eigenvalue weighted by molar-refractivity contribution is -0.124. The minimum absolute atomic E-state index is 0.0491. The zero-order valence-corrected chi connectivity index (χ0v) is 12.5. The van der Waals surface area contributed by atoms with Crippen molar-refractivity contribution in [1.29, 1.82) is 0 Å². The van der Waals surface area contributed by atoms with Crippen LogP contribution in [0, 0.1) is 11.7 Å². The summed E-state index contributed by atoms with van der Waals surface area (Å²) in [4.78, 5) is 13.1. The molecule has 1 aliphatic rings. The highest BCUT2D eigenvalue weighted by molar-refractivity contribution is 7.99. The van der Waals surface area contributed by atoms with E-state index in [0.717, 1.165) is 30.8 Å². The molecule has 1 fully saturated rings. The summed E-state index contributed by atoms with van der Waals surface area (Å²) in [6.07, 6.45) is 2.17. The second-order valence-corrected chi connectivity index (χ2v) is 6.31. The van der Waals surface area contributed by atoms with Crippen LogP contribution in [0.25, 0.3) is 0 Å². The molecule has 0 aliphatic carbocycles. The van der Waals surface area contributed by atoms with Gasteiger partial charge in [0.05, 0.1) is 0 Å². The smallest absolute Gasteiger partial charge is 0.223 e. The van der Waals surface area contributed by atoms with Gasteiger partial charge in [0.15, 0.2) is 0 Å². The third kappa shape index (κ3) is 4.80. The molecule has 0 spiro atoms. The van der Waals surface area contributed by atoms with Gasteiger partial charge in [-0.1, -0.05) is 6.92 Å². The molecule has 3 nitrogen and oxygen atoms in total. The second-order valence-electron chi connectivity index (χ2n) is 5.22. The number of nitrogens with one attached hydrogen (secondary N) is 2. The first-order valence-corrected chi connectivity index (χ1v) is 8.03. The quantitative estimate of drug-likeness (QED) is 0.820. The van der Waals surface area contributed by atoms with Crippen LogP contribution in [0.5, 0.6) is 0 Å². The fraction of sp³-hybridized carbons (Fsp3) is 0.533. The summed E-state index contributed by atoms with van der Waals surface area (Å²) in [5.74, 6) is 0.530. The summed E-state index contributed by atoms with van der Waals surface area (Å²) in [5.41, 5.74) is 0. The Morgan fingerprint density at radius 2 is 2.25 bits per heavy atom. The Morgan fingerprint density at radius 1 is 1.50 bits per heavy atom. The number of hydrogen-bond donors (Lipinski definition) is 2. The van der Waals surface area contributed by atoms with Crippen molar-refractivity contribution >= 4 is 17.7 Å². The van der Waals surface area contributed by atoms with Crippen molar-refractivity contribution in [2.24, 2.45) is 5.92 Å². The minimum Gasteiger partial charge on any atom is -0.352 e. The second kappa shape index (κ2) is 7.64. The molecule has 1 amide bonds. The average Bonchev–Trinajstić information content (AvgIpc) is 2.47. The molecule has 1 aliphatic heterocycles. The molecule has 5 heteroatoms. The summed E-state index contributed by atoms with van der Waals surface area (Å²) in [6, 6.07) is 6.64. The highest BCUT2D eigenvalue weighted by atomic mass is 32.2. The first-order chi connectivity index (χ1) is 9.65. The largest absolute Gasteiger partial charge is 0.352 e. The third-order valence-corrected chi connectivity index (χ3v) is 4.68. The number of thioether (sulfide) groups is 1. The molecule has 1 saturated heterocycles. The molecule has 1 heterocycles. The molecule has 1 aromatic rings. The third-order valence-electron chi connectivity index (χ3n) is 3.40. The summed E-state index contributed by atoms with van der Waals surface area (Å²) in [5, 5.41) is 6.38. The van der Waals surface area contributed by atoms with Gasteiger partial charge in [0.2, 0.25) is 5.91 Å². The maximum Gasteiger partial charge on any atom is 0.223 e. The van der Waals surface area contributed by atoms with Gasteiger partial charge in [0, 0.05) is 29.2 Å². The molecule has 2 unspecified atom stereocenters. The van der Waals surface area contributed by atoms with Gasteiger partial charge in [-0.25, -0.2) is 4.39 Å². The van der Waals surface area contributed by atoms with Gasteiger partial charge in [-0.05, 0) is 43.7 Å². The standard InChI is InChI=1S/C15H21FN2OS/c1-11(10-20-14-6-4-12(16)5-7-14)15(19)18-13-3-2-8-17-9-13/h4-7,11,13,17H,2-3,8-10H2,1H3,(H,18,19). The van der Waals surface area contributed by atoms with E-state index in [1.165, 1.54) is 12.1 Å². The first-order valence-electron chi connectivity index (χ1n) is 7.04. The topological polar surface area (TPSA) is 41.1 Å². The van der Waals surface area contributed by atoms with E-state index in [0.29, 0.717) is 5.75 Å². The Morgan fingerprint density at radius 3 is 2.90 bits per heavy atom. The summed E-state index contributed by atoms with van der Waals surface area (Å²) in [6.45, 7) is 3.84. The van der Waals surface area contributed by atoms with Crippen LogP contribution in [-0.2, 0) is 4.79 Å².